The number of methoxy groups -OCH3 is 1. The van der Waals surface area contributed by atoms with E-state index in [1.807, 2.05) is 0 Å². The lowest BCUT2D eigenvalue weighted by molar-refractivity contribution is 0.115. The van der Waals surface area contributed by atoms with Crippen molar-refractivity contribution in [3.05, 3.63) is 0 Å². The van der Waals surface area contributed by atoms with Gasteiger partial charge in [-0.2, -0.15) is 0 Å². The molecule has 0 spiro atoms. The van der Waals surface area contributed by atoms with Gasteiger partial charge in [0.2, 0.25) is 0 Å². The zero-order valence-electron chi connectivity index (χ0n) is 9.46. The highest BCUT2D eigenvalue weighted by Crippen LogP contribution is 2.30. The molecule has 0 aromatic rings. The second-order valence-electron chi connectivity index (χ2n) is 4.39. The van der Waals surface area contributed by atoms with Crippen molar-refractivity contribution in [1.29, 1.82) is 0 Å². The number of ether oxygens (including phenoxy) is 1. The first-order valence-corrected chi connectivity index (χ1v) is 5.71. The molecule has 0 aromatic heterocycles. The van der Waals surface area contributed by atoms with Gasteiger partial charge in [0.15, 0.2) is 0 Å². The summed E-state index contributed by atoms with van der Waals surface area (Å²) < 4.78 is 5.18. The molecule has 1 rings (SSSR count). The lowest BCUT2D eigenvalue weighted by atomic mass is 9.96. The topological polar surface area (TPSA) is 47.3 Å². The summed E-state index contributed by atoms with van der Waals surface area (Å²) in [5, 5.41) is 3.46. The molecule has 1 fully saturated rings. The van der Waals surface area contributed by atoms with Gasteiger partial charge in [0, 0.05) is 13.7 Å². The standard InChI is InChI=1S/C11H24N2O/c1-9(14-2)7-13-8-11-5-3-4-10(11)6-12/h9-11,13H,3-8,12H2,1-2H3. The lowest BCUT2D eigenvalue weighted by Crippen LogP contribution is -2.33. The molecule has 1 aliphatic rings. The molecule has 3 nitrogen and oxygen atoms in total. The predicted molar refractivity (Wildman–Crippen MR) is 59.2 cm³/mol. The summed E-state index contributed by atoms with van der Waals surface area (Å²) in [5.74, 6) is 1.55. The van der Waals surface area contributed by atoms with Crippen LogP contribution >= 0.6 is 0 Å². The number of nitrogens with two attached hydrogens (primary N) is 1. The average Bonchev–Trinajstić information content (AvgIpc) is 2.65. The van der Waals surface area contributed by atoms with E-state index in [-0.39, 0.29) is 0 Å². The predicted octanol–water partition coefficient (Wildman–Crippen LogP) is 0.986. The van der Waals surface area contributed by atoms with E-state index in [1.165, 1.54) is 19.3 Å². The Morgan fingerprint density at radius 1 is 1.43 bits per heavy atom. The summed E-state index contributed by atoms with van der Waals surface area (Å²) in [6.07, 6.45) is 4.33. The molecule has 0 radical (unpaired) electrons. The van der Waals surface area contributed by atoms with Crippen LogP contribution in [0.1, 0.15) is 26.2 Å². The fourth-order valence-electron chi connectivity index (χ4n) is 2.25. The van der Waals surface area contributed by atoms with Crippen molar-refractivity contribution in [3.8, 4) is 0 Å². The Balaban J connectivity index is 2.11. The van der Waals surface area contributed by atoms with Gasteiger partial charge in [0.1, 0.15) is 0 Å². The molecule has 0 aromatic carbocycles. The molecule has 0 heterocycles. The quantitative estimate of drug-likeness (QED) is 0.672. The Morgan fingerprint density at radius 3 is 2.79 bits per heavy atom. The maximum Gasteiger partial charge on any atom is 0.0667 e. The van der Waals surface area contributed by atoms with Gasteiger partial charge in [-0.3, -0.25) is 0 Å². The summed E-state index contributed by atoms with van der Waals surface area (Å²) in [7, 11) is 1.75. The van der Waals surface area contributed by atoms with Gasteiger partial charge in [-0.1, -0.05) is 6.42 Å². The number of nitrogens with one attached hydrogen (secondary N) is 1. The third-order valence-corrected chi connectivity index (χ3v) is 3.36. The van der Waals surface area contributed by atoms with E-state index in [1.54, 1.807) is 7.11 Å². The van der Waals surface area contributed by atoms with E-state index >= 15 is 0 Å². The molecule has 3 atom stereocenters. The summed E-state index contributed by atoms with van der Waals surface area (Å²) in [6, 6.07) is 0. The molecule has 84 valence electrons. The number of hydrogen-bond acceptors (Lipinski definition) is 3. The van der Waals surface area contributed by atoms with Crippen molar-refractivity contribution < 1.29 is 4.74 Å². The Hall–Kier alpha value is -0.120. The van der Waals surface area contributed by atoms with Gasteiger partial charge in [-0.05, 0) is 44.7 Å². The molecule has 0 saturated heterocycles. The smallest absolute Gasteiger partial charge is 0.0667 e. The highest BCUT2D eigenvalue weighted by Gasteiger charge is 2.25. The number of hydrogen-bond donors (Lipinski definition) is 2. The van der Waals surface area contributed by atoms with Crippen LogP contribution in [-0.4, -0.2) is 32.8 Å². The minimum absolute atomic E-state index is 0.313. The van der Waals surface area contributed by atoms with Gasteiger partial charge >= 0.3 is 0 Å². The fourth-order valence-corrected chi connectivity index (χ4v) is 2.25. The van der Waals surface area contributed by atoms with Crippen molar-refractivity contribution in [3.63, 3.8) is 0 Å². The zero-order valence-corrected chi connectivity index (χ0v) is 9.46. The summed E-state index contributed by atoms with van der Waals surface area (Å²) in [6.45, 7) is 4.99. The maximum atomic E-state index is 5.73. The molecule has 3 N–H and O–H groups in total. The van der Waals surface area contributed by atoms with E-state index in [4.69, 9.17) is 10.5 Å². The van der Waals surface area contributed by atoms with E-state index < -0.39 is 0 Å². The van der Waals surface area contributed by atoms with E-state index in [0.29, 0.717) is 6.10 Å². The largest absolute Gasteiger partial charge is 0.380 e. The minimum Gasteiger partial charge on any atom is -0.380 e. The Kier molecular flexibility index (Phi) is 5.45. The monoisotopic (exact) mass is 200 g/mol. The van der Waals surface area contributed by atoms with Crippen molar-refractivity contribution >= 4 is 0 Å². The molecule has 3 heteroatoms. The van der Waals surface area contributed by atoms with Crippen LogP contribution < -0.4 is 11.1 Å². The Labute approximate surface area is 87.4 Å². The van der Waals surface area contributed by atoms with Crippen LogP contribution in [0.3, 0.4) is 0 Å². The van der Waals surface area contributed by atoms with Crippen LogP contribution in [0.15, 0.2) is 0 Å². The van der Waals surface area contributed by atoms with Gasteiger partial charge < -0.3 is 15.8 Å². The van der Waals surface area contributed by atoms with Crippen molar-refractivity contribution in [1.82, 2.24) is 5.32 Å². The Bertz CT molecular complexity index is 152. The van der Waals surface area contributed by atoms with Gasteiger partial charge in [0.05, 0.1) is 6.10 Å². The van der Waals surface area contributed by atoms with Crippen LogP contribution in [-0.2, 0) is 4.74 Å². The first-order chi connectivity index (χ1) is 6.77. The molecular weight excluding hydrogens is 176 g/mol. The van der Waals surface area contributed by atoms with Crippen LogP contribution in [0.5, 0.6) is 0 Å². The van der Waals surface area contributed by atoms with E-state index in [0.717, 1.165) is 31.5 Å². The van der Waals surface area contributed by atoms with Gasteiger partial charge in [-0.25, -0.2) is 0 Å². The van der Waals surface area contributed by atoms with Crippen molar-refractivity contribution in [2.45, 2.75) is 32.3 Å². The van der Waals surface area contributed by atoms with E-state index in [2.05, 4.69) is 12.2 Å². The maximum absolute atomic E-state index is 5.73. The molecule has 1 saturated carbocycles. The third kappa shape index (κ3) is 3.56. The van der Waals surface area contributed by atoms with Gasteiger partial charge in [-0.15, -0.1) is 0 Å². The van der Waals surface area contributed by atoms with Gasteiger partial charge in [0.25, 0.3) is 0 Å². The first kappa shape index (κ1) is 12.0. The summed E-state index contributed by atoms with van der Waals surface area (Å²) in [5.41, 5.74) is 5.73. The fraction of sp³-hybridized carbons (Fsp3) is 1.00. The molecule has 14 heavy (non-hydrogen) atoms. The lowest BCUT2D eigenvalue weighted by Gasteiger charge is -2.19. The van der Waals surface area contributed by atoms with Crippen LogP contribution in [0.4, 0.5) is 0 Å². The number of rotatable bonds is 6. The molecule has 0 aliphatic heterocycles. The Morgan fingerprint density at radius 2 is 2.14 bits per heavy atom. The van der Waals surface area contributed by atoms with Crippen molar-refractivity contribution in [2.75, 3.05) is 26.7 Å². The van der Waals surface area contributed by atoms with Crippen LogP contribution in [0.25, 0.3) is 0 Å². The van der Waals surface area contributed by atoms with Crippen molar-refractivity contribution in [2.24, 2.45) is 17.6 Å². The molecule has 3 unspecified atom stereocenters. The summed E-state index contributed by atoms with van der Waals surface area (Å²) in [4.78, 5) is 0. The minimum atomic E-state index is 0.313. The SMILES string of the molecule is COC(C)CNCC1CCCC1CN. The zero-order chi connectivity index (χ0) is 10.4. The summed E-state index contributed by atoms with van der Waals surface area (Å²) >= 11 is 0. The van der Waals surface area contributed by atoms with Crippen LogP contribution in [0.2, 0.25) is 0 Å². The molecule has 1 aliphatic carbocycles. The molecule has 0 bridgehead atoms. The molecule has 0 amide bonds. The van der Waals surface area contributed by atoms with Crippen LogP contribution in [0, 0.1) is 11.8 Å². The highest BCUT2D eigenvalue weighted by molar-refractivity contribution is 4.79. The first-order valence-electron chi connectivity index (χ1n) is 5.71. The highest BCUT2D eigenvalue weighted by atomic mass is 16.5. The van der Waals surface area contributed by atoms with E-state index in [9.17, 15) is 0 Å². The molecular formula is C11H24N2O. The normalized spacial score (nSPS) is 29.4. The second kappa shape index (κ2) is 6.38. The third-order valence-electron chi connectivity index (χ3n) is 3.36. The average molecular weight is 200 g/mol. The second-order valence-corrected chi connectivity index (χ2v) is 4.39.